The smallest absolute Gasteiger partial charge is 0.261 e. The third kappa shape index (κ3) is 4.89. The largest absolute Gasteiger partial charge is 0.396 e. The van der Waals surface area contributed by atoms with Crippen molar-refractivity contribution in [2.24, 2.45) is 5.41 Å². The van der Waals surface area contributed by atoms with Gasteiger partial charge in [-0.25, -0.2) is 4.98 Å². The summed E-state index contributed by atoms with van der Waals surface area (Å²) in [5.74, 6) is -0.0862. The van der Waals surface area contributed by atoms with Crippen LogP contribution in [0.1, 0.15) is 33.1 Å². The molecule has 2 rings (SSSR count). The number of fused-ring (bicyclic) bond motifs is 1. The van der Waals surface area contributed by atoms with Gasteiger partial charge in [-0.1, -0.05) is 26.0 Å². The molecule has 0 unspecified atom stereocenters. The quantitative estimate of drug-likeness (QED) is 0.721. The third-order valence-electron chi connectivity index (χ3n) is 4.09. The van der Waals surface area contributed by atoms with Crippen LogP contribution in [0.2, 0.25) is 0 Å². The molecular formula is C18H25N3O3. The first-order chi connectivity index (χ1) is 11.4. The summed E-state index contributed by atoms with van der Waals surface area (Å²) < 4.78 is 1.47. The van der Waals surface area contributed by atoms with Crippen LogP contribution >= 0.6 is 0 Å². The van der Waals surface area contributed by atoms with Crippen molar-refractivity contribution in [1.29, 1.82) is 0 Å². The van der Waals surface area contributed by atoms with Gasteiger partial charge in [0.15, 0.2) is 0 Å². The van der Waals surface area contributed by atoms with Gasteiger partial charge in [0.05, 0.1) is 17.2 Å². The molecule has 0 radical (unpaired) electrons. The number of hydrogen-bond acceptors (Lipinski definition) is 4. The van der Waals surface area contributed by atoms with Crippen molar-refractivity contribution in [3.05, 3.63) is 40.9 Å². The van der Waals surface area contributed by atoms with Crippen molar-refractivity contribution in [3.8, 4) is 0 Å². The van der Waals surface area contributed by atoms with E-state index < -0.39 is 0 Å². The topological polar surface area (TPSA) is 84.2 Å². The molecule has 1 amide bonds. The summed E-state index contributed by atoms with van der Waals surface area (Å²) in [4.78, 5) is 28.4. The van der Waals surface area contributed by atoms with E-state index in [1.54, 1.807) is 18.2 Å². The van der Waals surface area contributed by atoms with E-state index in [1.165, 1.54) is 10.9 Å². The number of hydrogen-bond donors (Lipinski definition) is 2. The molecule has 0 fully saturated rings. The van der Waals surface area contributed by atoms with E-state index in [4.69, 9.17) is 0 Å². The molecule has 1 aromatic carbocycles. The summed E-state index contributed by atoms with van der Waals surface area (Å²) in [5.41, 5.74) is 0.419. The Morgan fingerprint density at radius 1 is 1.33 bits per heavy atom. The van der Waals surface area contributed by atoms with Gasteiger partial charge >= 0.3 is 0 Å². The summed E-state index contributed by atoms with van der Waals surface area (Å²) in [6.45, 7) is 5.01. The Labute approximate surface area is 141 Å². The zero-order valence-electron chi connectivity index (χ0n) is 14.3. The van der Waals surface area contributed by atoms with E-state index in [1.807, 2.05) is 19.9 Å². The van der Waals surface area contributed by atoms with E-state index >= 15 is 0 Å². The Hall–Kier alpha value is -2.21. The van der Waals surface area contributed by atoms with Gasteiger partial charge in [-0.2, -0.15) is 0 Å². The number of nitrogens with one attached hydrogen (secondary N) is 1. The lowest BCUT2D eigenvalue weighted by atomic mass is 9.89. The minimum Gasteiger partial charge on any atom is -0.396 e. The van der Waals surface area contributed by atoms with E-state index in [0.717, 1.165) is 12.8 Å². The Morgan fingerprint density at radius 3 is 2.83 bits per heavy atom. The molecular weight excluding hydrogens is 306 g/mol. The lowest BCUT2D eigenvalue weighted by molar-refractivity contribution is -0.121. The van der Waals surface area contributed by atoms with Crippen LogP contribution in [-0.2, 0) is 11.3 Å². The van der Waals surface area contributed by atoms with Gasteiger partial charge in [0.1, 0.15) is 0 Å². The second-order valence-corrected chi connectivity index (χ2v) is 6.79. The number of aliphatic hydroxyl groups excluding tert-OH is 1. The molecule has 2 aromatic rings. The molecule has 1 heterocycles. The van der Waals surface area contributed by atoms with Crippen LogP contribution in [0.5, 0.6) is 0 Å². The number of rotatable bonds is 8. The normalized spacial score (nSPS) is 11.6. The molecule has 0 saturated carbocycles. The van der Waals surface area contributed by atoms with Crippen LogP contribution in [0.25, 0.3) is 10.9 Å². The van der Waals surface area contributed by atoms with Crippen molar-refractivity contribution in [2.75, 3.05) is 13.2 Å². The van der Waals surface area contributed by atoms with Crippen molar-refractivity contribution in [3.63, 3.8) is 0 Å². The standard InChI is InChI=1S/C18H25N3O3/c1-18(2,12-22)9-5-10-19-16(23)8-11-21-13-20-15-7-4-3-6-14(15)17(21)24/h3-4,6-7,13,22H,5,8-12H2,1-2H3,(H,19,23). The maximum absolute atomic E-state index is 12.3. The summed E-state index contributed by atoms with van der Waals surface area (Å²) in [6.07, 6.45) is 3.39. The van der Waals surface area contributed by atoms with Crippen LogP contribution < -0.4 is 10.9 Å². The molecule has 0 aliphatic carbocycles. The van der Waals surface area contributed by atoms with Gasteiger partial charge in [0.2, 0.25) is 5.91 Å². The van der Waals surface area contributed by atoms with Gasteiger partial charge in [-0.05, 0) is 30.4 Å². The Bertz CT molecular complexity index is 753. The van der Waals surface area contributed by atoms with E-state index in [-0.39, 0.29) is 29.9 Å². The Balaban J connectivity index is 1.82. The zero-order valence-corrected chi connectivity index (χ0v) is 14.3. The molecule has 0 aliphatic rings. The summed E-state index contributed by atoms with van der Waals surface area (Å²) in [6, 6.07) is 7.17. The van der Waals surface area contributed by atoms with E-state index in [2.05, 4.69) is 10.3 Å². The number of aryl methyl sites for hydroxylation is 1. The van der Waals surface area contributed by atoms with Gasteiger partial charge in [-0.15, -0.1) is 0 Å². The predicted molar refractivity (Wildman–Crippen MR) is 93.7 cm³/mol. The van der Waals surface area contributed by atoms with Crippen LogP contribution in [-0.4, -0.2) is 33.7 Å². The first-order valence-electron chi connectivity index (χ1n) is 8.25. The molecule has 6 nitrogen and oxygen atoms in total. The lowest BCUT2D eigenvalue weighted by Crippen LogP contribution is -2.29. The van der Waals surface area contributed by atoms with Crippen LogP contribution in [0.15, 0.2) is 35.4 Å². The van der Waals surface area contributed by atoms with Crippen molar-refractivity contribution >= 4 is 16.8 Å². The second kappa shape index (κ2) is 8.06. The number of carbonyl (C=O) groups excluding carboxylic acids is 1. The number of aliphatic hydroxyl groups is 1. The fraction of sp³-hybridized carbons (Fsp3) is 0.500. The summed E-state index contributed by atoms with van der Waals surface area (Å²) >= 11 is 0. The minimum atomic E-state index is -0.127. The van der Waals surface area contributed by atoms with Crippen molar-refractivity contribution in [1.82, 2.24) is 14.9 Å². The zero-order chi connectivity index (χ0) is 17.6. The molecule has 0 bridgehead atoms. The first-order valence-corrected chi connectivity index (χ1v) is 8.25. The molecule has 2 N–H and O–H groups in total. The molecule has 1 aromatic heterocycles. The van der Waals surface area contributed by atoms with Crippen LogP contribution in [0.3, 0.4) is 0 Å². The van der Waals surface area contributed by atoms with Crippen LogP contribution in [0.4, 0.5) is 0 Å². The Morgan fingerprint density at radius 2 is 2.08 bits per heavy atom. The van der Waals surface area contributed by atoms with Crippen LogP contribution in [0, 0.1) is 5.41 Å². The number of benzene rings is 1. The molecule has 0 atom stereocenters. The maximum Gasteiger partial charge on any atom is 0.261 e. The molecule has 24 heavy (non-hydrogen) atoms. The monoisotopic (exact) mass is 331 g/mol. The fourth-order valence-corrected chi connectivity index (χ4v) is 2.45. The highest BCUT2D eigenvalue weighted by atomic mass is 16.3. The third-order valence-corrected chi connectivity index (χ3v) is 4.09. The highest BCUT2D eigenvalue weighted by Crippen LogP contribution is 2.20. The van der Waals surface area contributed by atoms with Gasteiger partial charge < -0.3 is 10.4 Å². The maximum atomic E-state index is 12.3. The molecule has 0 aliphatic heterocycles. The Kier molecular flexibility index (Phi) is 6.09. The van der Waals surface area contributed by atoms with Gasteiger partial charge in [0, 0.05) is 26.1 Å². The highest BCUT2D eigenvalue weighted by Gasteiger charge is 2.15. The number of carbonyl (C=O) groups is 1. The first kappa shape index (κ1) is 18.1. The number of amides is 1. The fourth-order valence-electron chi connectivity index (χ4n) is 2.45. The highest BCUT2D eigenvalue weighted by molar-refractivity contribution is 5.77. The predicted octanol–water partition coefficient (Wildman–Crippen LogP) is 1.70. The van der Waals surface area contributed by atoms with Crippen molar-refractivity contribution < 1.29 is 9.90 Å². The number of para-hydroxylation sites is 1. The van der Waals surface area contributed by atoms with E-state index in [9.17, 15) is 14.7 Å². The van der Waals surface area contributed by atoms with Gasteiger partial charge in [0.25, 0.3) is 5.56 Å². The molecule has 6 heteroatoms. The molecule has 130 valence electrons. The van der Waals surface area contributed by atoms with Gasteiger partial charge in [-0.3, -0.25) is 14.2 Å². The van der Waals surface area contributed by atoms with E-state index in [0.29, 0.717) is 24.0 Å². The van der Waals surface area contributed by atoms with Crippen molar-refractivity contribution in [2.45, 2.75) is 39.7 Å². The lowest BCUT2D eigenvalue weighted by Gasteiger charge is -2.21. The average molecular weight is 331 g/mol. The second-order valence-electron chi connectivity index (χ2n) is 6.79. The average Bonchev–Trinajstić information content (AvgIpc) is 2.58. The molecule has 0 saturated heterocycles. The summed E-state index contributed by atoms with van der Waals surface area (Å²) in [5, 5.41) is 12.6. The number of aromatic nitrogens is 2. The minimum absolute atomic E-state index is 0.0862. The SMILES string of the molecule is CC(C)(CO)CCCNC(=O)CCn1cnc2ccccc2c1=O. The summed E-state index contributed by atoms with van der Waals surface area (Å²) in [7, 11) is 0. The molecule has 0 spiro atoms. The number of nitrogens with zero attached hydrogens (tertiary/aromatic N) is 2.